The van der Waals surface area contributed by atoms with Crippen molar-refractivity contribution < 1.29 is 9.84 Å². The molecule has 0 aromatic carbocycles. The third-order valence-electron chi connectivity index (χ3n) is 4.31. The predicted octanol–water partition coefficient (Wildman–Crippen LogP) is 1.51. The molecule has 2 heterocycles. The minimum atomic E-state index is 0.0121. The van der Waals surface area contributed by atoms with Gasteiger partial charge in [0.15, 0.2) is 0 Å². The van der Waals surface area contributed by atoms with Crippen molar-refractivity contribution in [2.45, 2.75) is 38.6 Å². The lowest BCUT2D eigenvalue weighted by Crippen LogP contribution is -2.41. The van der Waals surface area contributed by atoms with Crippen molar-refractivity contribution in [3.8, 4) is 0 Å². The smallest absolute Gasteiger partial charge is 0.107 e. The quantitative estimate of drug-likeness (QED) is 0.859. The van der Waals surface area contributed by atoms with E-state index in [-0.39, 0.29) is 12.0 Å². The summed E-state index contributed by atoms with van der Waals surface area (Å²) in [7, 11) is 0. The van der Waals surface area contributed by atoms with Gasteiger partial charge in [-0.25, -0.2) is 4.98 Å². The number of hydrogen-bond donors (Lipinski definition) is 2. The molecule has 4 nitrogen and oxygen atoms in total. The minimum absolute atomic E-state index is 0.0121. The van der Waals surface area contributed by atoms with Crippen LogP contribution in [0.4, 0.5) is 0 Å². The molecule has 5 heteroatoms. The summed E-state index contributed by atoms with van der Waals surface area (Å²) in [5.41, 5.74) is 1.34. The van der Waals surface area contributed by atoms with Crippen LogP contribution in [0.2, 0.25) is 0 Å². The van der Waals surface area contributed by atoms with E-state index >= 15 is 0 Å². The fourth-order valence-corrected chi connectivity index (χ4v) is 4.08. The molecule has 19 heavy (non-hydrogen) atoms. The van der Waals surface area contributed by atoms with E-state index in [9.17, 15) is 5.11 Å². The standard InChI is InChI=1S/C14H22N2O2S/c17-10-14(4-6-18-7-5-14)9-15-8-13-16-11-2-1-3-12(11)19-13/h15,17H,1-10H2. The first kappa shape index (κ1) is 13.5. The second-order valence-corrected chi connectivity index (χ2v) is 6.87. The number of ether oxygens (including phenoxy) is 1. The van der Waals surface area contributed by atoms with Gasteiger partial charge in [-0.3, -0.25) is 0 Å². The van der Waals surface area contributed by atoms with E-state index in [0.29, 0.717) is 0 Å². The Morgan fingerprint density at radius 1 is 1.32 bits per heavy atom. The van der Waals surface area contributed by atoms with Crippen molar-refractivity contribution in [2.75, 3.05) is 26.4 Å². The molecule has 2 N–H and O–H groups in total. The summed E-state index contributed by atoms with van der Waals surface area (Å²) in [5.74, 6) is 0. The van der Waals surface area contributed by atoms with Crippen molar-refractivity contribution >= 4 is 11.3 Å². The van der Waals surface area contributed by atoms with Gasteiger partial charge in [-0.2, -0.15) is 0 Å². The summed E-state index contributed by atoms with van der Waals surface area (Å²) in [6.45, 7) is 3.48. The van der Waals surface area contributed by atoms with Gasteiger partial charge in [0.1, 0.15) is 5.01 Å². The highest BCUT2D eigenvalue weighted by Gasteiger charge is 2.31. The molecule has 0 atom stereocenters. The van der Waals surface area contributed by atoms with Crippen molar-refractivity contribution in [3.63, 3.8) is 0 Å². The second-order valence-electron chi connectivity index (χ2n) is 5.71. The maximum absolute atomic E-state index is 9.63. The summed E-state index contributed by atoms with van der Waals surface area (Å²) in [6, 6.07) is 0. The van der Waals surface area contributed by atoms with Crippen molar-refractivity contribution in [3.05, 3.63) is 15.6 Å². The van der Waals surface area contributed by atoms with Crippen LogP contribution in [0.1, 0.15) is 34.8 Å². The molecule has 1 aliphatic carbocycles. The summed E-state index contributed by atoms with van der Waals surface area (Å²) >= 11 is 1.85. The molecule has 0 bridgehead atoms. The Balaban J connectivity index is 1.51. The van der Waals surface area contributed by atoms with Crippen molar-refractivity contribution in [1.82, 2.24) is 10.3 Å². The largest absolute Gasteiger partial charge is 0.396 e. The Kier molecular flexibility index (Phi) is 4.17. The van der Waals surface area contributed by atoms with E-state index in [1.165, 1.54) is 28.4 Å². The van der Waals surface area contributed by atoms with Gasteiger partial charge in [0.05, 0.1) is 12.3 Å². The molecule has 1 fully saturated rings. The Morgan fingerprint density at radius 3 is 2.89 bits per heavy atom. The zero-order chi connectivity index (χ0) is 13.1. The van der Waals surface area contributed by atoms with Crippen LogP contribution >= 0.6 is 11.3 Å². The van der Waals surface area contributed by atoms with Crippen molar-refractivity contribution in [2.24, 2.45) is 5.41 Å². The van der Waals surface area contributed by atoms with Crippen LogP contribution in [-0.4, -0.2) is 36.5 Å². The number of fused-ring (bicyclic) bond motifs is 1. The van der Waals surface area contributed by atoms with Crippen LogP contribution in [0, 0.1) is 5.41 Å². The first-order valence-corrected chi connectivity index (χ1v) is 8.00. The molecule has 1 aromatic heterocycles. The van der Waals surface area contributed by atoms with Crippen LogP contribution in [0.3, 0.4) is 0 Å². The average Bonchev–Trinajstić information content (AvgIpc) is 3.01. The van der Waals surface area contributed by atoms with E-state index < -0.39 is 0 Å². The molecule has 1 aliphatic heterocycles. The minimum Gasteiger partial charge on any atom is -0.396 e. The molecular formula is C14H22N2O2S. The number of rotatable bonds is 5. The van der Waals surface area contributed by atoms with E-state index in [1.807, 2.05) is 11.3 Å². The van der Waals surface area contributed by atoms with E-state index in [1.54, 1.807) is 0 Å². The molecule has 106 valence electrons. The first-order chi connectivity index (χ1) is 9.31. The second kappa shape index (κ2) is 5.87. The Labute approximate surface area is 118 Å². The number of aliphatic hydroxyl groups excluding tert-OH is 1. The average molecular weight is 282 g/mol. The Morgan fingerprint density at radius 2 is 2.16 bits per heavy atom. The number of nitrogens with zero attached hydrogens (tertiary/aromatic N) is 1. The molecular weight excluding hydrogens is 260 g/mol. The SMILES string of the molecule is OCC1(CNCc2nc3c(s2)CCC3)CCOCC1. The lowest BCUT2D eigenvalue weighted by molar-refractivity contribution is -0.0154. The van der Waals surface area contributed by atoms with Crippen molar-refractivity contribution in [1.29, 1.82) is 0 Å². The molecule has 2 aliphatic rings. The van der Waals surface area contributed by atoms with Crippen LogP contribution in [0.5, 0.6) is 0 Å². The highest BCUT2D eigenvalue weighted by molar-refractivity contribution is 7.11. The van der Waals surface area contributed by atoms with Gasteiger partial charge in [-0.15, -0.1) is 11.3 Å². The number of nitrogens with one attached hydrogen (secondary N) is 1. The zero-order valence-corrected chi connectivity index (χ0v) is 12.1. The van der Waals surface area contributed by atoms with Crippen LogP contribution in [-0.2, 0) is 24.1 Å². The maximum atomic E-state index is 9.63. The summed E-state index contributed by atoms with van der Waals surface area (Å²) in [4.78, 5) is 6.18. The normalized spacial score (nSPS) is 21.5. The van der Waals surface area contributed by atoms with Gasteiger partial charge in [-0.05, 0) is 32.1 Å². The van der Waals surface area contributed by atoms with Gasteiger partial charge in [-0.1, -0.05) is 0 Å². The van der Waals surface area contributed by atoms with Crippen LogP contribution in [0.15, 0.2) is 0 Å². The van der Waals surface area contributed by atoms with Gasteiger partial charge in [0.2, 0.25) is 0 Å². The zero-order valence-electron chi connectivity index (χ0n) is 11.3. The fraction of sp³-hybridized carbons (Fsp3) is 0.786. The molecule has 0 spiro atoms. The highest BCUT2D eigenvalue weighted by Crippen LogP contribution is 2.30. The topological polar surface area (TPSA) is 54.4 Å². The maximum Gasteiger partial charge on any atom is 0.107 e. The van der Waals surface area contributed by atoms with Gasteiger partial charge in [0, 0.05) is 36.6 Å². The first-order valence-electron chi connectivity index (χ1n) is 7.18. The molecule has 1 saturated heterocycles. The molecule has 0 amide bonds. The van der Waals surface area contributed by atoms with Crippen LogP contribution < -0.4 is 5.32 Å². The molecule has 0 radical (unpaired) electrons. The van der Waals surface area contributed by atoms with E-state index in [0.717, 1.165) is 45.6 Å². The fourth-order valence-electron chi connectivity index (χ4n) is 2.95. The Bertz CT molecular complexity index is 406. The summed E-state index contributed by atoms with van der Waals surface area (Å²) < 4.78 is 5.38. The monoisotopic (exact) mass is 282 g/mol. The number of hydrogen-bond acceptors (Lipinski definition) is 5. The number of thiazole rings is 1. The predicted molar refractivity (Wildman–Crippen MR) is 75.4 cm³/mol. The third-order valence-corrected chi connectivity index (χ3v) is 5.46. The molecule has 3 rings (SSSR count). The van der Waals surface area contributed by atoms with E-state index in [2.05, 4.69) is 5.32 Å². The van der Waals surface area contributed by atoms with E-state index in [4.69, 9.17) is 9.72 Å². The molecule has 0 saturated carbocycles. The lowest BCUT2D eigenvalue weighted by atomic mass is 9.81. The lowest BCUT2D eigenvalue weighted by Gasteiger charge is -2.35. The van der Waals surface area contributed by atoms with Gasteiger partial charge in [0.25, 0.3) is 0 Å². The van der Waals surface area contributed by atoms with Crippen LogP contribution in [0.25, 0.3) is 0 Å². The Hall–Kier alpha value is -0.490. The van der Waals surface area contributed by atoms with Gasteiger partial charge >= 0.3 is 0 Å². The van der Waals surface area contributed by atoms with Gasteiger partial charge < -0.3 is 15.2 Å². The number of aliphatic hydroxyl groups is 1. The number of aryl methyl sites for hydroxylation is 2. The number of aromatic nitrogens is 1. The highest BCUT2D eigenvalue weighted by atomic mass is 32.1. The molecule has 1 aromatic rings. The molecule has 0 unspecified atom stereocenters. The summed E-state index contributed by atoms with van der Waals surface area (Å²) in [5, 5.41) is 14.3. The summed E-state index contributed by atoms with van der Waals surface area (Å²) in [6.07, 6.45) is 5.54. The third kappa shape index (κ3) is 2.99.